The van der Waals surface area contributed by atoms with Crippen LogP contribution in [-0.4, -0.2) is 53.2 Å². The first kappa shape index (κ1) is 22.9. The molecule has 4 rings (SSSR count). The van der Waals surface area contributed by atoms with E-state index < -0.39 is 0 Å². The lowest BCUT2D eigenvalue weighted by atomic mass is 10.0. The van der Waals surface area contributed by atoms with Crippen molar-refractivity contribution in [2.24, 2.45) is 0 Å². The largest absolute Gasteiger partial charge is 0.491 e. The number of ether oxygens (including phenoxy) is 1. The monoisotopic (exact) mass is 449 g/mol. The van der Waals surface area contributed by atoms with Crippen LogP contribution in [0.2, 0.25) is 0 Å². The number of piperidine rings is 1. The van der Waals surface area contributed by atoms with Gasteiger partial charge in [-0.2, -0.15) is 0 Å². The number of likely N-dealkylation sites (tertiary alicyclic amines) is 1. The van der Waals surface area contributed by atoms with E-state index in [1.807, 2.05) is 24.3 Å². The van der Waals surface area contributed by atoms with Gasteiger partial charge in [0.05, 0.1) is 17.9 Å². The van der Waals surface area contributed by atoms with Gasteiger partial charge in [0.15, 0.2) is 0 Å². The van der Waals surface area contributed by atoms with Gasteiger partial charge in [0.25, 0.3) is 5.91 Å². The third kappa shape index (κ3) is 6.37. The normalized spacial score (nSPS) is 14.7. The van der Waals surface area contributed by atoms with E-state index in [0.29, 0.717) is 23.4 Å². The molecule has 2 aromatic carbocycles. The highest BCUT2D eigenvalue weighted by molar-refractivity contribution is 5.94. The number of hydrogen-bond acceptors (Lipinski definition) is 5. The summed E-state index contributed by atoms with van der Waals surface area (Å²) < 4.78 is 18.8. The fourth-order valence-electron chi connectivity index (χ4n) is 3.96. The number of hydrogen-bond donors (Lipinski definition) is 2. The zero-order valence-corrected chi connectivity index (χ0v) is 18.4. The smallest absolute Gasteiger partial charge is 0.253 e. The molecule has 1 fully saturated rings. The van der Waals surface area contributed by atoms with Gasteiger partial charge in [0.2, 0.25) is 0 Å². The summed E-state index contributed by atoms with van der Waals surface area (Å²) in [7, 11) is 0. The Kier molecular flexibility index (Phi) is 7.65. The first-order valence-corrected chi connectivity index (χ1v) is 11.2. The minimum atomic E-state index is -0.313. The van der Waals surface area contributed by atoms with E-state index in [4.69, 9.17) is 9.84 Å². The van der Waals surface area contributed by atoms with Gasteiger partial charge in [-0.25, -0.2) is 4.39 Å². The summed E-state index contributed by atoms with van der Waals surface area (Å²) in [5, 5.41) is 11.9. The summed E-state index contributed by atoms with van der Waals surface area (Å²) in [6, 6.07) is 17.8. The Balaban J connectivity index is 1.24. The Morgan fingerprint density at radius 1 is 1.12 bits per heavy atom. The SMILES string of the molecule is O=C(NC1CCN(Cc2ccc(OCCO)cc2)CC1)c1ccc(-c2cccc(F)c2)nc1. The van der Waals surface area contributed by atoms with Crippen molar-refractivity contribution in [1.82, 2.24) is 15.2 Å². The van der Waals surface area contributed by atoms with E-state index in [2.05, 4.69) is 15.2 Å². The van der Waals surface area contributed by atoms with Gasteiger partial charge < -0.3 is 15.2 Å². The van der Waals surface area contributed by atoms with Gasteiger partial charge in [0, 0.05) is 37.4 Å². The van der Waals surface area contributed by atoms with Crippen LogP contribution in [0.15, 0.2) is 66.9 Å². The quantitative estimate of drug-likeness (QED) is 0.549. The predicted octanol–water partition coefficient (Wildman–Crippen LogP) is 3.65. The number of halogens is 1. The average molecular weight is 450 g/mol. The standard InChI is InChI=1S/C26H28FN3O3/c27-22-3-1-2-20(16-22)25-9-6-21(17-28-25)26(32)29-23-10-12-30(13-11-23)18-19-4-7-24(8-5-19)33-15-14-31/h1-9,16-17,23,31H,10-15,18H2,(H,29,32). The molecule has 0 radical (unpaired) electrons. The topological polar surface area (TPSA) is 74.7 Å². The van der Waals surface area contributed by atoms with Crippen LogP contribution in [0.5, 0.6) is 5.75 Å². The first-order chi connectivity index (χ1) is 16.1. The number of aliphatic hydroxyl groups excluding tert-OH is 1. The molecule has 0 unspecified atom stereocenters. The molecule has 1 aliphatic rings. The number of nitrogens with zero attached hydrogens (tertiary/aromatic N) is 2. The molecule has 0 bridgehead atoms. The number of pyridine rings is 1. The molecule has 33 heavy (non-hydrogen) atoms. The summed E-state index contributed by atoms with van der Waals surface area (Å²) in [6.45, 7) is 2.97. The van der Waals surface area contributed by atoms with Crippen molar-refractivity contribution in [2.45, 2.75) is 25.4 Å². The molecule has 0 aliphatic carbocycles. The number of carbonyl (C=O) groups is 1. The second kappa shape index (κ2) is 11.0. The van der Waals surface area contributed by atoms with Crippen LogP contribution in [0.1, 0.15) is 28.8 Å². The van der Waals surface area contributed by atoms with Gasteiger partial charge in [-0.15, -0.1) is 0 Å². The molecule has 3 aromatic rings. The van der Waals surface area contributed by atoms with Crippen LogP contribution in [0.3, 0.4) is 0 Å². The van der Waals surface area contributed by atoms with Crippen molar-refractivity contribution in [3.8, 4) is 17.0 Å². The van der Waals surface area contributed by atoms with Crippen molar-refractivity contribution >= 4 is 5.91 Å². The van der Waals surface area contributed by atoms with E-state index in [-0.39, 0.29) is 24.4 Å². The number of aliphatic hydroxyl groups is 1. The fourth-order valence-corrected chi connectivity index (χ4v) is 3.96. The van der Waals surface area contributed by atoms with Crippen LogP contribution >= 0.6 is 0 Å². The summed E-state index contributed by atoms with van der Waals surface area (Å²) >= 11 is 0. The molecule has 0 atom stereocenters. The predicted molar refractivity (Wildman–Crippen MR) is 124 cm³/mol. The van der Waals surface area contributed by atoms with E-state index >= 15 is 0 Å². The van der Waals surface area contributed by atoms with Crippen LogP contribution in [0, 0.1) is 5.82 Å². The number of carbonyl (C=O) groups excluding carboxylic acids is 1. The maximum absolute atomic E-state index is 13.4. The Labute approximate surface area is 193 Å². The van der Waals surface area contributed by atoms with E-state index in [1.54, 1.807) is 30.5 Å². The summed E-state index contributed by atoms with van der Waals surface area (Å²) in [4.78, 5) is 19.3. The van der Waals surface area contributed by atoms with Gasteiger partial charge in [-0.3, -0.25) is 14.7 Å². The lowest BCUT2D eigenvalue weighted by Crippen LogP contribution is -2.44. The molecule has 0 saturated carbocycles. The Morgan fingerprint density at radius 2 is 1.91 bits per heavy atom. The second-order valence-electron chi connectivity index (χ2n) is 8.18. The number of nitrogens with one attached hydrogen (secondary N) is 1. The Morgan fingerprint density at radius 3 is 2.58 bits per heavy atom. The van der Waals surface area contributed by atoms with Crippen molar-refractivity contribution in [3.05, 3.63) is 83.8 Å². The molecule has 172 valence electrons. The lowest BCUT2D eigenvalue weighted by Gasteiger charge is -2.32. The number of amides is 1. The molecule has 0 spiro atoms. The van der Waals surface area contributed by atoms with E-state index in [9.17, 15) is 9.18 Å². The van der Waals surface area contributed by atoms with Crippen LogP contribution in [0.25, 0.3) is 11.3 Å². The highest BCUT2D eigenvalue weighted by Gasteiger charge is 2.21. The summed E-state index contributed by atoms with van der Waals surface area (Å²) in [6.07, 6.45) is 3.31. The number of benzene rings is 2. The van der Waals surface area contributed by atoms with E-state index in [0.717, 1.165) is 38.2 Å². The van der Waals surface area contributed by atoms with Crippen molar-refractivity contribution in [2.75, 3.05) is 26.3 Å². The maximum atomic E-state index is 13.4. The highest BCUT2D eigenvalue weighted by Crippen LogP contribution is 2.19. The number of rotatable bonds is 8. The first-order valence-electron chi connectivity index (χ1n) is 11.2. The lowest BCUT2D eigenvalue weighted by molar-refractivity contribution is 0.0908. The molecule has 1 amide bonds. The third-order valence-corrected chi connectivity index (χ3v) is 5.76. The van der Waals surface area contributed by atoms with Crippen molar-refractivity contribution < 1.29 is 19.0 Å². The number of aromatic nitrogens is 1. The minimum absolute atomic E-state index is 0.00394. The zero-order chi connectivity index (χ0) is 23.0. The second-order valence-corrected chi connectivity index (χ2v) is 8.18. The minimum Gasteiger partial charge on any atom is -0.491 e. The third-order valence-electron chi connectivity index (χ3n) is 5.76. The molecule has 6 nitrogen and oxygen atoms in total. The highest BCUT2D eigenvalue weighted by atomic mass is 19.1. The van der Waals surface area contributed by atoms with Crippen LogP contribution in [-0.2, 0) is 6.54 Å². The molecule has 1 saturated heterocycles. The van der Waals surface area contributed by atoms with Gasteiger partial charge in [0.1, 0.15) is 18.2 Å². The molecule has 1 aromatic heterocycles. The molecule has 1 aliphatic heterocycles. The molecular formula is C26H28FN3O3. The van der Waals surface area contributed by atoms with Gasteiger partial charge in [-0.05, 0) is 54.8 Å². The van der Waals surface area contributed by atoms with Crippen molar-refractivity contribution in [3.63, 3.8) is 0 Å². The van der Waals surface area contributed by atoms with Gasteiger partial charge in [-0.1, -0.05) is 24.3 Å². The molecule has 7 heteroatoms. The van der Waals surface area contributed by atoms with Crippen LogP contribution in [0.4, 0.5) is 4.39 Å². The van der Waals surface area contributed by atoms with Gasteiger partial charge >= 0.3 is 0 Å². The Hall–Kier alpha value is -3.29. The summed E-state index contributed by atoms with van der Waals surface area (Å²) in [5.74, 6) is 0.310. The van der Waals surface area contributed by atoms with Crippen molar-refractivity contribution in [1.29, 1.82) is 0 Å². The average Bonchev–Trinajstić information content (AvgIpc) is 2.85. The fraction of sp³-hybridized carbons (Fsp3) is 0.308. The Bertz CT molecular complexity index is 1050. The van der Waals surface area contributed by atoms with E-state index in [1.165, 1.54) is 17.7 Å². The molecular weight excluding hydrogens is 421 g/mol. The maximum Gasteiger partial charge on any atom is 0.253 e. The molecule has 2 N–H and O–H groups in total. The zero-order valence-electron chi connectivity index (χ0n) is 18.4. The molecule has 2 heterocycles. The van der Waals surface area contributed by atoms with Crippen LogP contribution < -0.4 is 10.1 Å². The summed E-state index contributed by atoms with van der Waals surface area (Å²) in [5.41, 5.74) is 3.02.